The average Bonchev–Trinajstić information content (AvgIpc) is 2.38. The molecule has 106 valence electrons. The molecule has 2 unspecified atom stereocenters. The monoisotopic (exact) mass is 265 g/mol. The number of piperidine rings is 1. The number of nitriles is 1. The minimum Gasteiger partial charge on any atom is -0.372 e. The largest absolute Gasteiger partial charge is 0.372 e. The van der Waals surface area contributed by atoms with Crippen LogP contribution < -0.4 is 0 Å². The highest BCUT2D eigenvalue weighted by Gasteiger charge is 2.38. The molecule has 3 atom stereocenters. The summed E-state index contributed by atoms with van der Waals surface area (Å²) in [5.74, 6) is 0.0684. The Morgan fingerprint density at radius 3 is 2.68 bits per heavy atom. The maximum atomic E-state index is 11.8. The van der Waals surface area contributed by atoms with Crippen molar-refractivity contribution in [3.63, 3.8) is 0 Å². The second kappa shape index (κ2) is 6.36. The van der Waals surface area contributed by atoms with Crippen LogP contribution in [0.15, 0.2) is 0 Å². The molecule has 0 spiro atoms. The molecule has 2 bridgehead atoms. The molecule has 0 saturated carbocycles. The molecular weight excluding hydrogens is 242 g/mol. The van der Waals surface area contributed by atoms with Gasteiger partial charge < -0.3 is 9.64 Å². The topological polar surface area (TPSA) is 56.6 Å². The SMILES string of the molecule is CCCC(=O)N(C)[C@H](C#N)CCN1CC2CC(C1)O2. The zero-order chi connectivity index (χ0) is 13.8. The van der Waals surface area contributed by atoms with Gasteiger partial charge in [0.2, 0.25) is 5.91 Å². The van der Waals surface area contributed by atoms with E-state index < -0.39 is 0 Å². The first-order chi connectivity index (χ1) is 9.13. The maximum absolute atomic E-state index is 11.8. The van der Waals surface area contributed by atoms with Gasteiger partial charge in [0.05, 0.1) is 18.3 Å². The van der Waals surface area contributed by atoms with Crippen molar-refractivity contribution < 1.29 is 9.53 Å². The van der Waals surface area contributed by atoms with Crippen molar-refractivity contribution in [3.05, 3.63) is 0 Å². The Kier molecular flexibility index (Phi) is 4.78. The Hall–Kier alpha value is -1.12. The van der Waals surface area contributed by atoms with Crippen LogP contribution in [0.5, 0.6) is 0 Å². The van der Waals surface area contributed by atoms with Gasteiger partial charge >= 0.3 is 0 Å². The van der Waals surface area contributed by atoms with Gasteiger partial charge in [-0.25, -0.2) is 0 Å². The molecule has 0 radical (unpaired) electrons. The van der Waals surface area contributed by atoms with Crippen LogP contribution in [0.3, 0.4) is 0 Å². The minimum absolute atomic E-state index is 0.0684. The number of ether oxygens (including phenoxy) is 1. The molecule has 0 aromatic rings. The van der Waals surface area contributed by atoms with Crippen LogP contribution in [0, 0.1) is 11.3 Å². The first-order valence-electron chi connectivity index (χ1n) is 7.17. The van der Waals surface area contributed by atoms with Crippen LogP contribution in [0.2, 0.25) is 0 Å². The molecule has 3 saturated heterocycles. The average molecular weight is 265 g/mol. The molecule has 3 heterocycles. The molecule has 0 aromatic carbocycles. The summed E-state index contributed by atoms with van der Waals surface area (Å²) in [7, 11) is 1.74. The Morgan fingerprint density at radius 2 is 2.16 bits per heavy atom. The highest BCUT2D eigenvalue weighted by Crippen LogP contribution is 2.27. The van der Waals surface area contributed by atoms with Crippen molar-refractivity contribution in [3.8, 4) is 6.07 Å². The molecule has 0 aliphatic carbocycles. The summed E-state index contributed by atoms with van der Waals surface area (Å²) in [6.07, 6.45) is 4.07. The van der Waals surface area contributed by atoms with Crippen molar-refractivity contribution in [1.82, 2.24) is 9.80 Å². The molecule has 0 N–H and O–H groups in total. The Morgan fingerprint density at radius 1 is 1.53 bits per heavy atom. The highest BCUT2D eigenvalue weighted by molar-refractivity contribution is 5.76. The van der Waals surface area contributed by atoms with E-state index in [9.17, 15) is 10.1 Å². The van der Waals surface area contributed by atoms with E-state index in [0.717, 1.165) is 32.5 Å². The number of amides is 1. The third kappa shape index (κ3) is 3.46. The molecule has 19 heavy (non-hydrogen) atoms. The highest BCUT2D eigenvalue weighted by atomic mass is 16.5. The van der Waals surface area contributed by atoms with Crippen LogP contribution in [-0.2, 0) is 9.53 Å². The zero-order valence-electron chi connectivity index (χ0n) is 11.8. The Labute approximate surface area is 115 Å². The van der Waals surface area contributed by atoms with E-state index in [1.54, 1.807) is 11.9 Å². The summed E-state index contributed by atoms with van der Waals surface area (Å²) < 4.78 is 5.58. The molecular formula is C14H23N3O2. The van der Waals surface area contributed by atoms with E-state index in [4.69, 9.17) is 4.74 Å². The summed E-state index contributed by atoms with van der Waals surface area (Å²) in [4.78, 5) is 15.7. The maximum Gasteiger partial charge on any atom is 0.223 e. The normalized spacial score (nSPS) is 27.2. The van der Waals surface area contributed by atoms with E-state index in [1.807, 2.05) is 6.92 Å². The fourth-order valence-electron chi connectivity index (χ4n) is 2.84. The predicted octanol–water partition coefficient (Wildman–Crippen LogP) is 1.00. The summed E-state index contributed by atoms with van der Waals surface area (Å²) in [6, 6.07) is 1.94. The van der Waals surface area contributed by atoms with Crippen molar-refractivity contribution in [2.45, 2.75) is 50.9 Å². The third-order valence-electron chi connectivity index (χ3n) is 4.03. The lowest BCUT2D eigenvalue weighted by molar-refractivity contribution is -0.181. The van der Waals surface area contributed by atoms with Crippen molar-refractivity contribution >= 4 is 5.91 Å². The fraction of sp³-hybridized carbons (Fsp3) is 0.857. The van der Waals surface area contributed by atoms with Crippen molar-refractivity contribution in [2.75, 3.05) is 26.7 Å². The van der Waals surface area contributed by atoms with E-state index in [1.165, 1.54) is 6.42 Å². The van der Waals surface area contributed by atoms with Crippen LogP contribution in [0.4, 0.5) is 0 Å². The number of rotatable bonds is 6. The number of fused-ring (bicyclic) bond motifs is 2. The summed E-state index contributed by atoms with van der Waals surface area (Å²) in [5.41, 5.74) is 0. The molecule has 3 fully saturated rings. The van der Waals surface area contributed by atoms with Gasteiger partial charge in [0.15, 0.2) is 0 Å². The first-order valence-corrected chi connectivity index (χ1v) is 7.17. The molecule has 3 aliphatic heterocycles. The van der Waals surface area contributed by atoms with Gasteiger partial charge in [-0.3, -0.25) is 9.69 Å². The van der Waals surface area contributed by atoms with Crippen LogP contribution in [0.1, 0.15) is 32.6 Å². The quantitative estimate of drug-likeness (QED) is 0.719. The number of hydrogen-bond acceptors (Lipinski definition) is 4. The second-order valence-electron chi connectivity index (χ2n) is 5.56. The van der Waals surface area contributed by atoms with E-state index >= 15 is 0 Å². The summed E-state index contributed by atoms with van der Waals surface area (Å²) in [6.45, 7) is 4.80. The molecule has 5 heteroatoms. The molecule has 3 aliphatic rings. The van der Waals surface area contributed by atoms with Crippen LogP contribution in [-0.4, -0.2) is 60.6 Å². The van der Waals surface area contributed by atoms with Gasteiger partial charge in [-0.1, -0.05) is 6.92 Å². The van der Waals surface area contributed by atoms with Crippen molar-refractivity contribution in [2.24, 2.45) is 0 Å². The van der Waals surface area contributed by atoms with Gasteiger partial charge in [-0.15, -0.1) is 0 Å². The third-order valence-corrected chi connectivity index (χ3v) is 4.03. The van der Waals surface area contributed by atoms with Gasteiger partial charge in [0, 0.05) is 39.5 Å². The molecule has 1 amide bonds. The standard InChI is InChI=1S/C14H23N3O2/c1-3-4-14(18)16(2)11(8-15)5-6-17-9-12-7-13(10-17)19-12/h11-13H,3-7,9-10H2,1-2H3/t11-,12?,13?/m0/s1. The summed E-state index contributed by atoms with van der Waals surface area (Å²) >= 11 is 0. The number of morpholine rings is 1. The zero-order valence-corrected chi connectivity index (χ0v) is 11.8. The Bertz CT molecular complexity index is 350. The first kappa shape index (κ1) is 14.3. The second-order valence-corrected chi connectivity index (χ2v) is 5.56. The lowest BCUT2D eigenvalue weighted by atomic mass is 9.98. The Balaban J connectivity index is 1.76. The van der Waals surface area contributed by atoms with Gasteiger partial charge in [0.25, 0.3) is 0 Å². The number of hydrogen-bond donors (Lipinski definition) is 0. The molecule has 0 aromatic heterocycles. The number of carbonyl (C=O) groups is 1. The predicted molar refractivity (Wildman–Crippen MR) is 71.4 cm³/mol. The smallest absolute Gasteiger partial charge is 0.223 e. The fourth-order valence-corrected chi connectivity index (χ4v) is 2.84. The van der Waals surface area contributed by atoms with Crippen LogP contribution >= 0.6 is 0 Å². The number of nitrogens with zero attached hydrogens (tertiary/aromatic N) is 3. The molecule has 3 rings (SSSR count). The minimum atomic E-state index is -0.307. The van der Waals surface area contributed by atoms with E-state index in [-0.39, 0.29) is 11.9 Å². The van der Waals surface area contributed by atoms with Gasteiger partial charge in [0.1, 0.15) is 6.04 Å². The lowest BCUT2D eigenvalue weighted by Gasteiger charge is -2.47. The van der Waals surface area contributed by atoms with E-state index in [0.29, 0.717) is 18.6 Å². The lowest BCUT2D eigenvalue weighted by Crippen LogP contribution is -2.57. The van der Waals surface area contributed by atoms with Crippen molar-refractivity contribution in [1.29, 1.82) is 5.26 Å². The van der Waals surface area contributed by atoms with E-state index in [2.05, 4.69) is 11.0 Å². The number of carbonyl (C=O) groups excluding carboxylic acids is 1. The summed E-state index contributed by atoms with van der Waals surface area (Å²) in [5, 5.41) is 9.22. The van der Waals surface area contributed by atoms with Gasteiger partial charge in [-0.05, 0) is 12.8 Å². The van der Waals surface area contributed by atoms with Gasteiger partial charge in [-0.2, -0.15) is 5.26 Å². The molecule has 5 nitrogen and oxygen atoms in total. The van der Waals surface area contributed by atoms with Crippen LogP contribution in [0.25, 0.3) is 0 Å².